The van der Waals surface area contributed by atoms with Crippen molar-refractivity contribution in [3.05, 3.63) is 36.0 Å². The molecule has 2 rings (SSSR count). The molecule has 7 nitrogen and oxygen atoms in total. The molecule has 3 N–H and O–H groups in total. The van der Waals surface area contributed by atoms with Gasteiger partial charge in [0.25, 0.3) is 5.89 Å². The fraction of sp³-hybridized carbons (Fsp3) is 0.357. The Bertz CT molecular complexity index is 595. The molecule has 1 aromatic heterocycles. The minimum atomic E-state index is -0.221. The molecule has 0 radical (unpaired) electrons. The summed E-state index contributed by atoms with van der Waals surface area (Å²) in [4.78, 5) is 15.7. The molecule has 1 aromatic carbocycles. The van der Waals surface area contributed by atoms with Gasteiger partial charge in [0.1, 0.15) is 5.75 Å². The second-order valence-electron chi connectivity index (χ2n) is 4.67. The van der Waals surface area contributed by atoms with Crippen molar-refractivity contribution in [3.8, 4) is 5.75 Å². The summed E-state index contributed by atoms with van der Waals surface area (Å²) in [5.74, 6) is 1.31. The molecule has 0 aliphatic rings. The van der Waals surface area contributed by atoms with E-state index in [2.05, 4.69) is 15.5 Å². The first-order chi connectivity index (χ1) is 10.1. The highest BCUT2D eigenvalue weighted by molar-refractivity contribution is 5.92. The Labute approximate surface area is 122 Å². The molecule has 0 saturated heterocycles. The fourth-order valence-corrected chi connectivity index (χ4v) is 1.55. The highest BCUT2D eigenvalue weighted by Gasteiger charge is 2.10. The highest BCUT2D eigenvalue weighted by Crippen LogP contribution is 2.17. The van der Waals surface area contributed by atoms with Crippen molar-refractivity contribution in [1.82, 2.24) is 10.1 Å². The summed E-state index contributed by atoms with van der Waals surface area (Å²) in [5, 5.41) is 6.46. The van der Waals surface area contributed by atoms with Gasteiger partial charge in [-0.2, -0.15) is 4.98 Å². The predicted molar refractivity (Wildman–Crippen MR) is 76.7 cm³/mol. The lowest BCUT2D eigenvalue weighted by atomic mass is 10.1. The zero-order valence-corrected chi connectivity index (χ0v) is 12.0. The molecule has 0 bridgehead atoms. The van der Waals surface area contributed by atoms with Crippen molar-refractivity contribution in [2.75, 3.05) is 11.9 Å². The van der Waals surface area contributed by atoms with E-state index in [1.807, 2.05) is 0 Å². The van der Waals surface area contributed by atoms with Crippen LogP contribution in [-0.4, -0.2) is 22.6 Å². The molecule has 112 valence electrons. The number of hydrogen-bond donors (Lipinski definition) is 2. The number of anilines is 1. The molecular weight excluding hydrogens is 272 g/mol. The van der Waals surface area contributed by atoms with Crippen LogP contribution in [0.2, 0.25) is 0 Å². The number of nitrogens with two attached hydrogens (primary N) is 1. The van der Waals surface area contributed by atoms with Crippen LogP contribution in [0, 0.1) is 12.8 Å². The lowest BCUT2D eigenvalue weighted by Gasteiger charge is -2.10. The zero-order valence-electron chi connectivity index (χ0n) is 12.0. The normalized spacial score (nSPS) is 12.0. The van der Waals surface area contributed by atoms with Gasteiger partial charge in [0.05, 0.1) is 0 Å². The largest absolute Gasteiger partial charge is 0.484 e. The molecule has 1 amide bonds. The van der Waals surface area contributed by atoms with E-state index in [0.717, 1.165) is 0 Å². The van der Waals surface area contributed by atoms with E-state index in [0.29, 0.717) is 29.7 Å². The third-order valence-corrected chi connectivity index (χ3v) is 2.85. The van der Waals surface area contributed by atoms with E-state index in [9.17, 15) is 4.79 Å². The van der Waals surface area contributed by atoms with Crippen LogP contribution >= 0.6 is 0 Å². The summed E-state index contributed by atoms with van der Waals surface area (Å²) in [7, 11) is 0. The lowest BCUT2D eigenvalue weighted by molar-refractivity contribution is -0.119. The van der Waals surface area contributed by atoms with Gasteiger partial charge in [0.2, 0.25) is 5.91 Å². The van der Waals surface area contributed by atoms with Gasteiger partial charge in [-0.15, -0.1) is 0 Å². The molecule has 21 heavy (non-hydrogen) atoms. The van der Waals surface area contributed by atoms with Gasteiger partial charge in [0, 0.05) is 18.2 Å². The summed E-state index contributed by atoms with van der Waals surface area (Å²) in [6.45, 7) is 4.04. The van der Waals surface area contributed by atoms with Crippen LogP contribution in [0.1, 0.15) is 18.6 Å². The maximum absolute atomic E-state index is 11.7. The minimum absolute atomic E-state index is 0.104. The quantitative estimate of drug-likeness (QED) is 0.835. The number of carbonyl (C=O) groups is 1. The SMILES string of the molecule is Cc1noc(COc2ccc(NC(=O)C(C)CN)cc2)n1. The third-order valence-electron chi connectivity index (χ3n) is 2.85. The number of aromatic nitrogens is 2. The van der Waals surface area contributed by atoms with Crippen molar-refractivity contribution >= 4 is 11.6 Å². The molecule has 0 fully saturated rings. The maximum Gasteiger partial charge on any atom is 0.264 e. The number of carbonyl (C=O) groups excluding carboxylic acids is 1. The van der Waals surface area contributed by atoms with E-state index in [4.69, 9.17) is 15.0 Å². The zero-order chi connectivity index (χ0) is 15.2. The molecule has 7 heteroatoms. The molecule has 0 aliphatic heterocycles. The van der Waals surface area contributed by atoms with E-state index in [1.54, 1.807) is 38.1 Å². The summed E-state index contributed by atoms with van der Waals surface area (Å²) >= 11 is 0. The molecule has 1 unspecified atom stereocenters. The summed E-state index contributed by atoms with van der Waals surface area (Å²) in [6.07, 6.45) is 0. The van der Waals surface area contributed by atoms with E-state index >= 15 is 0 Å². The topological polar surface area (TPSA) is 103 Å². The van der Waals surface area contributed by atoms with E-state index < -0.39 is 0 Å². The van der Waals surface area contributed by atoms with Crippen molar-refractivity contribution in [2.45, 2.75) is 20.5 Å². The maximum atomic E-state index is 11.7. The molecule has 0 spiro atoms. The number of benzene rings is 1. The average Bonchev–Trinajstić information content (AvgIpc) is 2.91. The number of hydrogen-bond acceptors (Lipinski definition) is 6. The van der Waals surface area contributed by atoms with Crippen LogP contribution in [0.15, 0.2) is 28.8 Å². The van der Waals surface area contributed by atoms with Gasteiger partial charge in [-0.3, -0.25) is 4.79 Å². The predicted octanol–water partition coefficient (Wildman–Crippen LogP) is 1.49. The Hall–Kier alpha value is -2.41. The summed E-state index contributed by atoms with van der Waals surface area (Å²) in [6, 6.07) is 7.03. The number of nitrogens with zero attached hydrogens (tertiary/aromatic N) is 2. The van der Waals surface area contributed by atoms with Crippen molar-refractivity contribution in [1.29, 1.82) is 0 Å². The Kier molecular flexibility index (Phi) is 4.89. The first-order valence-electron chi connectivity index (χ1n) is 6.61. The smallest absolute Gasteiger partial charge is 0.264 e. The number of ether oxygens (including phenoxy) is 1. The Morgan fingerprint density at radius 3 is 2.71 bits per heavy atom. The van der Waals surface area contributed by atoms with Crippen LogP contribution in [0.25, 0.3) is 0 Å². The Balaban J connectivity index is 1.88. The monoisotopic (exact) mass is 290 g/mol. The number of rotatable bonds is 6. The van der Waals surface area contributed by atoms with E-state index in [-0.39, 0.29) is 18.4 Å². The fourth-order valence-electron chi connectivity index (χ4n) is 1.55. The van der Waals surface area contributed by atoms with Gasteiger partial charge >= 0.3 is 0 Å². The van der Waals surface area contributed by atoms with Crippen LogP contribution in [0.5, 0.6) is 5.75 Å². The van der Waals surface area contributed by atoms with Gasteiger partial charge < -0.3 is 20.3 Å². The molecule has 1 heterocycles. The molecule has 0 aliphatic carbocycles. The second kappa shape index (κ2) is 6.85. The summed E-state index contributed by atoms with van der Waals surface area (Å²) in [5.41, 5.74) is 6.14. The van der Waals surface area contributed by atoms with Crippen LogP contribution in [0.4, 0.5) is 5.69 Å². The Morgan fingerprint density at radius 2 is 2.14 bits per heavy atom. The molecule has 2 aromatic rings. The van der Waals surface area contributed by atoms with Crippen molar-refractivity contribution in [2.24, 2.45) is 11.7 Å². The van der Waals surface area contributed by atoms with Crippen LogP contribution in [-0.2, 0) is 11.4 Å². The summed E-state index contributed by atoms with van der Waals surface area (Å²) < 4.78 is 10.5. The van der Waals surface area contributed by atoms with E-state index in [1.165, 1.54) is 0 Å². The van der Waals surface area contributed by atoms with Crippen LogP contribution in [0.3, 0.4) is 0 Å². The van der Waals surface area contributed by atoms with Crippen molar-refractivity contribution < 1.29 is 14.1 Å². The minimum Gasteiger partial charge on any atom is -0.484 e. The lowest BCUT2D eigenvalue weighted by Crippen LogP contribution is -2.26. The first-order valence-corrected chi connectivity index (χ1v) is 6.61. The van der Waals surface area contributed by atoms with Gasteiger partial charge in [-0.1, -0.05) is 12.1 Å². The van der Waals surface area contributed by atoms with Gasteiger partial charge in [0.15, 0.2) is 12.4 Å². The number of amides is 1. The standard InChI is InChI=1S/C14H18N4O3/c1-9(7-15)14(19)17-11-3-5-12(6-4-11)20-8-13-16-10(2)18-21-13/h3-6,9H,7-8,15H2,1-2H3,(H,17,19). The molecule has 1 atom stereocenters. The third kappa shape index (κ3) is 4.28. The van der Waals surface area contributed by atoms with Gasteiger partial charge in [-0.25, -0.2) is 0 Å². The highest BCUT2D eigenvalue weighted by atomic mass is 16.5. The number of aryl methyl sites for hydroxylation is 1. The Morgan fingerprint density at radius 1 is 1.43 bits per heavy atom. The number of nitrogens with one attached hydrogen (secondary N) is 1. The molecular formula is C14H18N4O3. The van der Waals surface area contributed by atoms with Crippen LogP contribution < -0.4 is 15.8 Å². The second-order valence-corrected chi connectivity index (χ2v) is 4.67. The van der Waals surface area contributed by atoms with Gasteiger partial charge in [-0.05, 0) is 31.2 Å². The molecule has 0 saturated carbocycles. The first kappa shape index (κ1) is 15.0. The van der Waals surface area contributed by atoms with Crippen molar-refractivity contribution in [3.63, 3.8) is 0 Å². The average molecular weight is 290 g/mol.